The number of hydrogen-bond acceptors (Lipinski definition) is 2. The van der Waals surface area contributed by atoms with Crippen LogP contribution in [0, 0.1) is 0 Å². The van der Waals surface area contributed by atoms with Crippen LogP contribution < -0.4 is 10.5 Å². The molecule has 0 aromatic heterocycles. The lowest BCUT2D eigenvalue weighted by Gasteiger charge is -2.06. The molecule has 3 nitrogen and oxygen atoms in total. The summed E-state index contributed by atoms with van der Waals surface area (Å²) in [6.45, 7) is 0. The molecule has 1 N–H and O–H groups in total. The molecule has 0 fully saturated rings. The van der Waals surface area contributed by atoms with Crippen LogP contribution in [0.25, 0.3) is 10.8 Å². The van der Waals surface area contributed by atoms with E-state index in [9.17, 15) is 4.79 Å². The highest BCUT2D eigenvalue weighted by atomic mass is 16.5. The Morgan fingerprint density at radius 3 is 2.67 bits per heavy atom. The molecule has 1 amide bonds. The fourth-order valence-corrected chi connectivity index (χ4v) is 1.59. The first-order chi connectivity index (χ1) is 7.22. The quantitative estimate of drug-likeness (QED) is 0.746. The average Bonchev–Trinajstić information content (AvgIpc) is 2.27. The van der Waals surface area contributed by atoms with Crippen molar-refractivity contribution in [3.63, 3.8) is 0 Å². The molecule has 2 aromatic rings. The summed E-state index contributed by atoms with van der Waals surface area (Å²) in [6.07, 6.45) is 0. The fourth-order valence-electron chi connectivity index (χ4n) is 1.59. The van der Waals surface area contributed by atoms with Crippen LogP contribution in [0.4, 0.5) is 0 Å². The molecular formula is C12H10NO2. The number of rotatable bonds is 2. The molecule has 15 heavy (non-hydrogen) atoms. The van der Waals surface area contributed by atoms with E-state index in [1.165, 1.54) is 0 Å². The Morgan fingerprint density at radius 1 is 1.27 bits per heavy atom. The van der Waals surface area contributed by atoms with Gasteiger partial charge in [0.05, 0.1) is 12.7 Å². The first kappa shape index (κ1) is 9.52. The van der Waals surface area contributed by atoms with Crippen LogP contribution in [0.2, 0.25) is 0 Å². The number of hydrogen-bond donors (Lipinski definition) is 0. The van der Waals surface area contributed by atoms with Gasteiger partial charge in [0, 0.05) is 0 Å². The highest BCUT2D eigenvalue weighted by Gasteiger charge is 2.08. The van der Waals surface area contributed by atoms with Crippen molar-refractivity contribution in [3.05, 3.63) is 42.0 Å². The topological polar surface area (TPSA) is 50.1 Å². The van der Waals surface area contributed by atoms with Gasteiger partial charge in [-0.1, -0.05) is 24.3 Å². The minimum Gasteiger partial charge on any atom is -0.497 e. The molecule has 0 saturated carbocycles. The number of ether oxygens (including phenoxy) is 1. The van der Waals surface area contributed by atoms with Crippen LogP contribution in [0.5, 0.6) is 5.75 Å². The lowest BCUT2D eigenvalue weighted by Crippen LogP contribution is -2.00. The zero-order valence-corrected chi connectivity index (χ0v) is 8.28. The number of carbonyl (C=O) groups is 1. The molecule has 2 aromatic carbocycles. The molecule has 2 rings (SSSR count). The zero-order chi connectivity index (χ0) is 10.8. The number of amides is 1. The largest absolute Gasteiger partial charge is 0.497 e. The van der Waals surface area contributed by atoms with Crippen molar-refractivity contribution in [2.45, 2.75) is 0 Å². The van der Waals surface area contributed by atoms with Gasteiger partial charge in [-0.2, -0.15) is 0 Å². The SMILES string of the molecule is COc1cc(C([NH])=O)c2ccccc2c1. The maximum atomic E-state index is 11.1. The lowest BCUT2D eigenvalue weighted by molar-refractivity contribution is 0.0993. The summed E-state index contributed by atoms with van der Waals surface area (Å²) >= 11 is 0. The van der Waals surface area contributed by atoms with Crippen molar-refractivity contribution in [1.82, 2.24) is 5.73 Å². The Balaban J connectivity index is 2.80. The number of benzene rings is 2. The Morgan fingerprint density at radius 2 is 2.00 bits per heavy atom. The third-order valence-corrected chi connectivity index (χ3v) is 2.32. The van der Waals surface area contributed by atoms with Crippen molar-refractivity contribution in [2.24, 2.45) is 0 Å². The summed E-state index contributed by atoms with van der Waals surface area (Å²) in [6, 6.07) is 10.9. The molecule has 0 bridgehead atoms. The van der Waals surface area contributed by atoms with Crippen LogP contribution in [0.1, 0.15) is 10.4 Å². The Hall–Kier alpha value is -2.03. The van der Waals surface area contributed by atoms with Gasteiger partial charge in [0.1, 0.15) is 5.75 Å². The van der Waals surface area contributed by atoms with E-state index in [1.54, 1.807) is 13.2 Å². The monoisotopic (exact) mass is 200 g/mol. The van der Waals surface area contributed by atoms with Gasteiger partial charge >= 0.3 is 0 Å². The van der Waals surface area contributed by atoms with Crippen molar-refractivity contribution >= 4 is 16.7 Å². The molecular weight excluding hydrogens is 190 g/mol. The summed E-state index contributed by atoms with van der Waals surface area (Å²) < 4.78 is 5.08. The Kier molecular flexibility index (Phi) is 2.29. The van der Waals surface area contributed by atoms with Crippen LogP contribution in [-0.4, -0.2) is 13.0 Å². The van der Waals surface area contributed by atoms with Gasteiger partial charge in [-0.3, -0.25) is 10.5 Å². The summed E-state index contributed by atoms with van der Waals surface area (Å²) in [7, 11) is 1.54. The van der Waals surface area contributed by atoms with Crippen molar-refractivity contribution in [3.8, 4) is 5.75 Å². The number of fused-ring (bicyclic) bond motifs is 1. The van der Waals surface area contributed by atoms with Crippen molar-refractivity contribution in [2.75, 3.05) is 7.11 Å². The number of carbonyl (C=O) groups excluding carboxylic acids is 1. The Bertz CT molecular complexity index is 520. The minimum atomic E-state index is -0.690. The first-order valence-electron chi connectivity index (χ1n) is 4.55. The van der Waals surface area contributed by atoms with Gasteiger partial charge < -0.3 is 4.74 Å². The number of nitrogens with one attached hydrogen (secondary N) is 1. The normalized spacial score (nSPS) is 10.2. The predicted octanol–water partition coefficient (Wildman–Crippen LogP) is 2.27. The van der Waals surface area contributed by atoms with Gasteiger partial charge in [0.25, 0.3) is 5.91 Å². The van der Waals surface area contributed by atoms with E-state index >= 15 is 0 Å². The predicted molar refractivity (Wildman–Crippen MR) is 57.9 cm³/mol. The molecule has 3 heteroatoms. The zero-order valence-electron chi connectivity index (χ0n) is 8.28. The van der Waals surface area contributed by atoms with Crippen LogP contribution in [0.3, 0.4) is 0 Å². The summed E-state index contributed by atoms with van der Waals surface area (Å²) in [5, 5.41) is 1.70. The van der Waals surface area contributed by atoms with Crippen molar-refractivity contribution in [1.29, 1.82) is 0 Å². The standard InChI is InChI=1S/C12H10NO2/c1-15-9-6-8-4-2-3-5-10(8)11(7-9)12(13)14/h2-7,13H,1H3. The molecule has 0 spiro atoms. The van der Waals surface area contributed by atoms with Gasteiger partial charge in [-0.25, -0.2) is 0 Å². The molecule has 0 aliphatic heterocycles. The van der Waals surface area contributed by atoms with Gasteiger partial charge in [-0.05, 0) is 22.9 Å². The van der Waals surface area contributed by atoms with Gasteiger partial charge in [0.2, 0.25) is 0 Å². The molecule has 0 unspecified atom stereocenters. The lowest BCUT2D eigenvalue weighted by atomic mass is 10.0. The van der Waals surface area contributed by atoms with E-state index in [0.717, 1.165) is 10.8 Å². The van der Waals surface area contributed by atoms with Crippen LogP contribution in [-0.2, 0) is 0 Å². The first-order valence-corrected chi connectivity index (χ1v) is 4.55. The van der Waals surface area contributed by atoms with Crippen molar-refractivity contribution < 1.29 is 9.53 Å². The smallest absolute Gasteiger partial charge is 0.270 e. The molecule has 0 atom stereocenters. The van der Waals surface area contributed by atoms with E-state index in [-0.39, 0.29) is 0 Å². The average molecular weight is 200 g/mol. The Labute approximate surface area is 87.5 Å². The second-order valence-electron chi connectivity index (χ2n) is 3.23. The highest BCUT2D eigenvalue weighted by Crippen LogP contribution is 2.24. The van der Waals surface area contributed by atoms with E-state index in [4.69, 9.17) is 10.5 Å². The van der Waals surface area contributed by atoms with Crippen LogP contribution in [0.15, 0.2) is 36.4 Å². The summed E-state index contributed by atoms with van der Waals surface area (Å²) in [5.74, 6) is -0.0885. The molecule has 1 radical (unpaired) electrons. The third kappa shape index (κ3) is 1.64. The third-order valence-electron chi connectivity index (χ3n) is 2.32. The van der Waals surface area contributed by atoms with Crippen LogP contribution >= 0.6 is 0 Å². The fraction of sp³-hybridized carbons (Fsp3) is 0.0833. The van der Waals surface area contributed by atoms with E-state index in [0.29, 0.717) is 11.3 Å². The highest BCUT2D eigenvalue weighted by molar-refractivity contribution is 6.06. The second kappa shape index (κ2) is 3.61. The maximum absolute atomic E-state index is 11.1. The van der Waals surface area contributed by atoms with Gasteiger partial charge in [-0.15, -0.1) is 0 Å². The summed E-state index contributed by atoms with van der Waals surface area (Å²) in [4.78, 5) is 11.1. The van der Waals surface area contributed by atoms with Gasteiger partial charge in [0.15, 0.2) is 0 Å². The van der Waals surface area contributed by atoms with E-state index < -0.39 is 5.91 Å². The minimum absolute atomic E-state index is 0.380. The molecule has 0 aliphatic carbocycles. The maximum Gasteiger partial charge on any atom is 0.270 e. The molecule has 75 valence electrons. The van der Waals surface area contributed by atoms with E-state index in [1.807, 2.05) is 30.3 Å². The number of methoxy groups -OCH3 is 1. The molecule has 0 heterocycles. The molecule has 0 aliphatic rings. The summed E-state index contributed by atoms with van der Waals surface area (Å²) in [5.41, 5.74) is 7.56. The second-order valence-corrected chi connectivity index (χ2v) is 3.23. The van der Waals surface area contributed by atoms with E-state index in [2.05, 4.69) is 0 Å². The molecule has 0 saturated heterocycles.